The fourth-order valence-corrected chi connectivity index (χ4v) is 5.43. The van der Waals surface area contributed by atoms with E-state index in [4.69, 9.17) is 5.11 Å². The molecule has 0 amide bonds. The highest BCUT2D eigenvalue weighted by molar-refractivity contribution is 7.89. The molecule has 1 aromatic rings. The maximum Gasteiger partial charge on any atom is 0.244 e. The molecule has 4 nitrogen and oxygen atoms in total. The fraction of sp³-hybridized carbons (Fsp3) is 0.636. The van der Waals surface area contributed by atoms with Gasteiger partial charge in [0.25, 0.3) is 0 Å². The Bertz CT molecular complexity index is 495. The molecular formula is C11H17NO3S2. The van der Waals surface area contributed by atoms with Gasteiger partial charge in [-0.25, -0.2) is 8.42 Å². The van der Waals surface area contributed by atoms with Crippen LogP contribution in [-0.4, -0.2) is 30.4 Å². The largest absolute Gasteiger partial charge is 0.391 e. The molecule has 1 aliphatic heterocycles. The minimum absolute atomic E-state index is 0.0430. The Hall–Kier alpha value is -0.430. The minimum atomic E-state index is -3.44. The summed E-state index contributed by atoms with van der Waals surface area (Å²) < 4.78 is 26.5. The predicted octanol–water partition coefficient (Wildman–Crippen LogP) is 1.66. The Morgan fingerprint density at radius 1 is 1.53 bits per heavy atom. The van der Waals surface area contributed by atoms with Crippen molar-refractivity contribution in [1.82, 2.24) is 4.31 Å². The van der Waals surface area contributed by atoms with Crippen molar-refractivity contribution in [2.45, 2.75) is 37.8 Å². The second kappa shape index (κ2) is 4.68. The van der Waals surface area contributed by atoms with E-state index in [2.05, 4.69) is 6.92 Å². The zero-order chi connectivity index (χ0) is 12.6. The van der Waals surface area contributed by atoms with Crippen molar-refractivity contribution in [3.05, 3.63) is 16.3 Å². The highest BCUT2D eigenvalue weighted by Gasteiger charge is 2.37. The lowest BCUT2D eigenvalue weighted by molar-refractivity contribution is 0.282. The summed E-state index contributed by atoms with van der Waals surface area (Å²) in [4.78, 5) is 0.794. The van der Waals surface area contributed by atoms with Crippen LogP contribution in [-0.2, 0) is 16.6 Å². The van der Waals surface area contributed by atoms with Crippen LogP contribution in [0.1, 0.15) is 25.1 Å². The number of rotatable bonds is 3. The Kier molecular flexibility index (Phi) is 3.58. The van der Waals surface area contributed by atoms with Crippen LogP contribution >= 0.6 is 11.3 Å². The summed E-state index contributed by atoms with van der Waals surface area (Å²) >= 11 is 1.28. The number of hydrogen-bond acceptors (Lipinski definition) is 4. The molecule has 1 aliphatic rings. The lowest BCUT2D eigenvalue weighted by Crippen LogP contribution is -2.34. The van der Waals surface area contributed by atoms with Gasteiger partial charge in [-0.3, -0.25) is 0 Å². The molecule has 0 aromatic carbocycles. The molecule has 6 heteroatoms. The Morgan fingerprint density at radius 3 is 2.76 bits per heavy atom. The molecule has 17 heavy (non-hydrogen) atoms. The molecule has 2 atom stereocenters. The number of aliphatic hydroxyl groups is 1. The van der Waals surface area contributed by atoms with E-state index >= 15 is 0 Å². The van der Waals surface area contributed by atoms with Crippen molar-refractivity contribution in [2.75, 3.05) is 6.54 Å². The molecule has 2 heterocycles. The van der Waals surface area contributed by atoms with E-state index in [0.717, 1.165) is 6.42 Å². The molecule has 1 aromatic heterocycles. The normalized spacial score (nSPS) is 26.5. The maximum atomic E-state index is 12.5. The molecule has 1 fully saturated rings. The maximum absolute atomic E-state index is 12.5. The Morgan fingerprint density at radius 2 is 2.24 bits per heavy atom. The molecule has 0 spiro atoms. The van der Waals surface area contributed by atoms with Gasteiger partial charge >= 0.3 is 0 Å². The first-order chi connectivity index (χ1) is 7.96. The first kappa shape index (κ1) is 13.0. The van der Waals surface area contributed by atoms with Gasteiger partial charge < -0.3 is 5.11 Å². The molecular weight excluding hydrogens is 258 g/mol. The lowest BCUT2D eigenvalue weighted by atomic mass is 10.1. The molecule has 0 aliphatic carbocycles. The summed E-state index contributed by atoms with van der Waals surface area (Å²) in [6.45, 7) is 4.35. The van der Waals surface area contributed by atoms with Crippen molar-refractivity contribution in [2.24, 2.45) is 5.92 Å². The highest BCUT2D eigenvalue weighted by atomic mass is 32.2. The van der Waals surface area contributed by atoms with Gasteiger partial charge in [-0.05, 0) is 30.7 Å². The van der Waals surface area contributed by atoms with Crippen LogP contribution < -0.4 is 0 Å². The van der Waals surface area contributed by atoms with Crippen molar-refractivity contribution in [3.8, 4) is 0 Å². The Labute approximate surface area is 106 Å². The standard InChI is InChI=1S/C11H17NO3S2/c1-8-5-9(2)12(6-8)17(14,15)11-3-4-16-10(11)7-13/h3-4,8-9,13H,5-7H2,1-2H3. The van der Waals surface area contributed by atoms with Crippen molar-refractivity contribution in [3.63, 3.8) is 0 Å². The number of aliphatic hydroxyl groups excluding tert-OH is 1. The number of sulfonamides is 1. The summed E-state index contributed by atoms with van der Waals surface area (Å²) in [6.07, 6.45) is 0.901. The topological polar surface area (TPSA) is 57.6 Å². The zero-order valence-corrected chi connectivity index (χ0v) is 11.6. The number of hydrogen-bond donors (Lipinski definition) is 1. The SMILES string of the molecule is CC1CC(C)N(S(=O)(=O)c2ccsc2CO)C1. The average Bonchev–Trinajstić information content (AvgIpc) is 2.84. The van der Waals surface area contributed by atoms with Crippen LogP contribution in [0.15, 0.2) is 16.3 Å². The van der Waals surface area contributed by atoms with Crippen LogP contribution in [0.5, 0.6) is 0 Å². The van der Waals surface area contributed by atoms with Crippen LogP contribution in [0.4, 0.5) is 0 Å². The predicted molar refractivity (Wildman–Crippen MR) is 67.4 cm³/mol. The third-order valence-corrected chi connectivity index (χ3v) is 6.26. The average molecular weight is 275 g/mol. The molecule has 2 rings (SSSR count). The van der Waals surface area contributed by atoms with Crippen LogP contribution in [0.3, 0.4) is 0 Å². The first-order valence-electron chi connectivity index (χ1n) is 5.66. The summed E-state index contributed by atoms with van der Waals surface area (Å²) in [6, 6.07) is 1.63. The minimum Gasteiger partial charge on any atom is -0.391 e. The molecule has 0 bridgehead atoms. The third kappa shape index (κ3) is 2.27. The van der Waals surface area contributed by atoms with E-state index in [0.29, 0.717) is 17.3 Å². The van der Waals surface area contributed by atoms with Crippen molar-refractivity contribution >= 4 is 21.4 Å². The molecule has 1 N–H and O–H groups in total. The van der Waals surface area contributed by atoms with E-state index in [9.17, 15) is 8.42 Å². The number of thiophene rings is 1. The van der Waals surface area contributed by atoms with Crippen LogP contribution in [0, 0.1) is 5.92 Å². The Balaban J connectivity index is 2.37. The van der Waals surface area contributed by atoms with Gasteiger partial charge in [-0.15, -0.1) is 11.3 Å². The van der Waals surface area contributed by atoms with Gasteiger partial charge in [-0.1, -0.05) is 6.92 Å². The summed E-state index contributed by atoms with van der Waals surface area (Å²) in [5.74, 6) is 0.399. The second-order valence-corrected chi connectivity index (χ2v) is 7.49. The fourth-order valence-electron chi connectivity index (χ4n) is 2.40. The van der Waals surface area contributed by atoms with Gasteiger partial charge in [0.1, 0.15) is 0 Å². The first-order valence-corrected chi connectivity index (χ1v) is 7.98. The van der Waals surface area contributed by atoms with Gasteiger partial charge in [0.2, 0.25) is 10.0 Å². The van der Waals surface area contributed by atoms with Gasteiger partial charge in [0, 0.05) is 17.5 Å². The van der Waals surface area contributed by atoms with Crippen LogP contribution in [0.25, 0.3) is 0 Å². The van der Waals surface area contributed by atoms with E-state index in [1.54, 1.807) is 15.8 Å². The zero-order valence-electron chi connectivity index (χ0n) is 9.96. The summed E-state index contributed by atoms with van der Waals surface area (Å²) in [7, 11) is -3.44. The number of nitrogens with zero attached hydrogens (tertiary/aromatic N) is 1. The van der Waals surface area contributed by atoms with E-state index in [-0.39, 0.29) is 17.5 Å². The van der Waals surface area contributed by atoms with Crippen LogP contribution in [0.2, 0.25) is 0 Å². The smallest absolute Gasteiger partial charge is 0.244 e. The molecule has 96 valence electrons. The molecule has 2 unspecified atom stereocenters. The van der Waals surface area contributed by atoms with E-state index in [1.165, 1.54) is 11.3 Å². The monoisotopic (exact) mass is 275 g/mol. The van der Waals surface area contributed by atoms with Gasteiger partial charge in [-0.2, -0.15) is 4.31 Å². The lowest BCUT2D eigenvalue weighted by Gasteiger charge is -2.20. The van der Waals surface area contributed by atoms with Gasteiger partial charge in [0.05, 0.1) is 11.5 Å². The second-order valence-electron chi connectivity index (χ2n) is 4.63. The van der Waals surface area contributed by atoms with Gasteiger partial charge in [0.15, 0.2) is 0 Å². The summed E-state index contributed by atoms with van der Waals surface area (Å²) in [5.41, 5.74) is 0. The van der Waals surface area contributed by atoms with E-state index in [1.807, 2.05) is 6.92 Å². The highest BCUT2D eigenvalue weighted by Crippen LogP contribution is 2.32. The molecule has 1 saturated heterocycles. The van der Waals surface area contributed by atoms with Crippen molar-refractivity contribution < 1.29 is 13.5 Å². The van der Waals surface area contributed by atoms with Crippen molar-refractivity contribution in [1.29, 1.82) is 0 Å². The molecule has 0 saturated carbocycles. The summed E-state index contributed by atoms with van der Waals surface area (Å²) in [5, 5.41) is 10.9. The third-order valence-electron chi connectivity index (χ3n) is 3.16. The quantitative estimate of drug-likeness (QED) is 0.912. The molecule has 0 radical (unpaired) electrons. The van der Waals surface area contributed by atoms with E-state index < -0.39 is 10.0 Å².